The van der Waals surface area contributed by atoms with Crippen LogP contribution in [0.4, 0.5) is 5.69 Å². The number of benzene rings is 3. The van der Waals surface area contributed by atoms with Crippen LogP contribution >= 0.6 is 0 Å². The van der Waals surface area contributed by atoms with Crippen molar-refractivity contribution in [2.75, 3.05) is 31.6 Å². The molecule has 0 radical (unpaired) electrons. The van der Waals surface area contributed by atoms with Crippen LogP contribution in [-0.2, 0) is 26.0 Å². The normalized spacial score (nSPS) is 12.0. The first-order valence-electron chi connectivity index (χ1n) is 13.6. The summed E-state index contributed by atoms with van der Waals surface area (Å²) in [7, 11) is -1.33. The summed E-state index contributed by atoms with van der Waals surface area (Å²) in [5, 5.41) is 2.90. The molecule has 9 nitrogen and oxygen atoms in total. The molecular weight excluding hydrogens is 542 g/mol. The fourth-order valence-corrected chi connectivity index (χ4v) is 5.94. The molecule has 0 bridgehead atoms. The number of rotatable bonds is 14. The van der Waals surface area contributed by atoms with Crippen molar-refractivity contribution >= 4 is 27.5 Å². The van der Waals surface area contributed by atoms with E-state index in [0.29, 0.717) is 18.6 Å². The molecule has 0 aromatic heterocycles. The monoisotopic (exact) mass is 581 g/mol. The van der Waals surface area contributed by atoms with Gasteiger partial charge < -0.3 is 19.7 Å². The van der Waals surface area contributed by atoms with Gasteiger partial charge in [0.05, 0.1) is 24.8 Å². The molecule has 1 N–H and O–H groups in total. The van der Waals surface area contributed by atoms with Crippen molar-refractivity contribution in [2.24, 2.45) is 0 Å². The number of nitrogens with one attached hydrogen (secondary N) is 1. The van der Waals surface area contributed by atoms with Gasteiger partial charge in [-0.15, -0.1) is 0 Å². The van der Waals surface area contributed by atoms with Gasteiger partial charge in [-0.2, -0.15) is 0 Å². The van der Waals surface area contributed by atoms with Crippen LogP contribution in [0.2, 0.25) is 0 Å². The van der Waals surface area contributed by atoms with Gasteiger partial charge in [0.15, 0.2) is 0 Å². The number of methoxy groups -OCH3 is 2. The first-order valence-corrected chi connectivity index (χ1v) is 15.0. The highest BCUT2D eigenvalue weighted by molar-refractivity contribution is 7.92. The number of carbonyl (C=O) groups is 2. The summed E-state index contributed by atoms with van der Waals surface area (Å²) in [5.41, 5.74) is 1.14. The molecule has 0 saturated heterocycles. The van der Waals surface area contributed by atoms with E-state index >= 15 is 0 Å². The molecule has 41 heavy (non-hydrogen) atoms. The molecule has 1 atom stereocenters. The molecule has 0 aliphatic carbocycles. The number of carbonyl (C=O) groups excluding carboxylic acids is 2. The van der Waals surface area contributed by atoms with E-state index in [0.717, 1.165) is 9.87 Å². The molecule has 0 aliphatic heterocycles. The summed E-state index contributed by atoms with van der Waals surface area (Å²) in [6, 6.07) is 21.3. The van der Waals surface area contributed by atoms with E-state index in [4.69, 9.17) is 9.47 Å². The third kappa shape index (κ3) is 8.00. The Morgan fingerprint density at radius 1 is 0.902 bits per heavy atom. The molecule has 3 aromatic carbocycles. The standard InChI is InChI=1S/C31H39N3O6S/c1-6-27(31(36)32-23(2)3)33(20-19-24-13-9-7-10-14-24)30(35)22-34(41(37,38)26-15-11-8-12-16-26)28-21-25(39-4)17-18-29(28)40-5/h7-18,21,23,27H,6,19-20,22H2,1-5H3,(H,32,36)/t27-/m1/s1. The van der Waals surface area contributed by atoms with Gasteiger partial charge in [0, 0.05) is 18.7 Å². The zero-order chi connectivity index (χ0) is 30.0. The molecular formula is C31H39N3O6S. The summed E-state index contributed by atoms with van der Waals surface area (Å²) < 4.78 is 40.0. The zero-order valence-corrected chi connectivity index (χ0v) is 25.1. The molecule has 10 heteroatoms. The van der Waals surface area contributed by atoms with Crippen molar-refractivity contribution in [1.29, 1.82) is 0 Å². The van der Waals surface area contributed by atoms with E-state index in [1.54, 1.807) is 30.3 Å². The average Bonchev–Trinajstić information content (AvgIpc) is 2.98. The van der Waals surface area contributed by atoms with Crippen LogP contribution in [0.25, 0.3) is 0 Å². The van der Waals surface area contributed by atoms with Crippen LogP contribution in [0.1, 0.15) is 32.8 Å². The second kappa shape index (κ2) is 14.5. The highest BCUT2D eigenvalue weighted by Gasteiger charge is 2.34. The highest BCUT2D eigenvalue weighted by atomic mass is 32.2. The van der Waals surface area contributed by atoms with E-state index in [-0.39, 0.29) is 34.8 Å². The summed E-state index contributed by atoms with van der Waals surface area (Å²) >= 11 is 0. The van der Waals surface area contributed by atoms with Crippen molar-refractivity contribution in [2.45, 2.75) is 50.6 Å². The number of nitrogens with zero attached hydrogens (tertiary/aromatic N) is 2. The van der Waals surface area contributed by atoms with Crippen molar-refractivity contribution in [3.05, 3.63) is 84.4 Å². The van der Waals surface area contributed by atoms with Gasteiger partial charge >= 0.3 is 0 Å². The van der Waals surface area contributed by atoms with Crippen molar-refractivity contribution in [3.63, 3.8) is 0 Å². The lowest BCUT2D eigenvalue weighted by Crippen LogP contribution is -2.54. The number of anilines is 1. The Labute approximate surface area is 243 Å². The predicted octanol–water partition coefficient (Wildman–Crippen LogP) is 4.27. The molecule has 3 aromatic rings. The summed E-state index contributed by atoms with van der Waals surface area (Å²) in [6.07, 6.45) is 0.846. The molecule has 0 unspecified atom stereocenters. The molecule has 0 saturated carbocycles. The fourth-order valence-electron chi connectivity index (χ4n) is 4.50. The number of sulfonamides is 1. The van der Waals surface area contributed by atoms with E-state index < -0.39 is 28.5 Å². The SMILES string of the molecule is CC[C@H](C(=O)NC(C)C)N(CCc1ccccc1)C(=O)CN(c1cc(OC)ccc1OC)S(=O)(=O)c1ccccc1. The van der Waals surface area contributed by atoms with Gasteiger partial charge in [-0.1, -0.05) is 55.5 Å². The van der Waals surface area contributed by atoms with Crippen molar-refractivity contribution < 1.29 is 27.5 Å². The smallest absolute Gasteiger partial charge is 0.264 e. The van der Waals surface area contributed by atoms with Gasteiger partial charge in [0.1, 0.15) is 24.1 Å². The Morgan fingerprint density at radius 2 is 1.54 bits per heavy atom. The molecule has 0 fully saturated rings. The maximum atomic E-state index is 14.1. The Balaban J connectivity index is 2.09. The zero-order valence-electron chi connectivity index (χ0n) is 24.2. The Hall–Kier alpha value is -4.05. The summed E-state index contributed by atoms with van der Waals surface area (Å²) in [5.74, 6) is -0.167. The molecule has 220 valence electrons. The van der Waals surface area contributed by atoms with Gasteiger partial charge in [-0.25, -0.2) is 8.42 Å². The van der Waals surface area contributed by atoms with Crippen molar-refractivity contribution in [3.8, 4) is 11.5 Å². The number of amides is 2. The van der Waals surface area contributed by atoms with Crippen LogP contribution in [-0.4, -0.2) is 64.5 Å². The molecule has 0 heterocycles. The molecule has 3 rings (SSSR count). The lowest BCUT2D eigenvalue weighted by Gasteiger charge is -2.34. The van der Waals surface area contributed by atoms with E-state index in [9.17, 15) is 18.0 Å². The lowest BCUT2D eigenvalue weighted by molar-refractivity contribution is -0.139. The lowest BCUT2D eigenvalue weighted by atomic mass is 10.1. The molecule has 0 spiro atoms. The highest BCUT2D eigenvalue weighted by Crippen LogP contribution is 2.35. The number of ether oxygens (including phenoxy) is 2. The second-order valence-electron chi connectivity index (χ2n) is 9.77. The van der Waals surface area contributed by atoms with E-state index in [1.165, 1.54) is 37.3 Å². The predicted molar refractivity (Wildman–Crippen MR) is 160 cm³/mol. The first-order chi connectivity index (χ1) is 19.6. The third-order valence-electron chi connectivity index (χ3n) is 6.57. The Bertz CT molecular complexity index is 1400. The maximum absolute atomic E-state index is 14.1. The minimum atomic E-state index is -4.23. The van der Waals surface area contributed by atoms with Gasteiger partial charge in [-0.05, 0) is 56.5 Å². The summed E-state index contributed by atoms with van der Waals surface area (Å²) in [6.45, 7) is 5.20. The van der Waals surface area contributed by atoms with E-state index in [2.05, 4.69) is 5.32 Å². The third-order valence-corrected chi connectivity index (χ3v) is 8.34. The van der Waals surface area contributed by atoms with Crippen molar-refractivity contribution in [1.82, 2.24) is 10.2 Å². The van der Waals surface area contributed by atoms with Crippen LogP contribution in [0.15, 0.2) is 83.8 Å². The van der Waals surface area contributed by atoms with E-state index in [1.807, 2.05) is 51.1 Å². The van der Waals surface area contributed by atoms with Gasteiger partial charge in [-0.3, -0.25) is 13.9 Å². The van der Waals surface area contributed by atoms with Crippen LogP contribution < -0.4 is 19.1 Å². The fraction of sp³-hybridized carbons (Fsp3) is 0.355. The molecule has 0 aliphatic rings. The number of hydrogen-bond donors (Lipinski definition) is 1. The first kappa shape index (κ1) is 31.5. The topological polar surface area (TPSA) is 105 Å². The minimum absolute atomic E-state index is 0.0121. The van der Waals surface area contributed by atoms with Gasteiger partial charge in [0.25, 0.3) is 10.0 Å². The maximum Gasteiger partial charge on any atom is 0.264 e. The van der Waals surface area contributed by atoms with Crippen LogP contribution in [0.3, 0.4) is 0 Å². The van der Waals surface area contributed by atoms with Crippen LogP contribution in [0, 0.1) is 0 Å². The Kier molecular flexibility index (Phi) is 11.2. The van der Waals surface area contributed by atoms with Gasteiger partial charge in [0.2, 0.25) is 11.8 Å². The largest absolute Gasteiger partial charge is 0.497 e. The average molecular weight is 582 g/mol. The Morgan fingerprint density at radius 3 is 2.10 bits per heavy atom. The minimum Gasteiger partial charge on any atom is -0.497 e. The second-order valence-corrected chi connectivity index (χ2v) is 11.6. The quantitative estimate of drug-likeness (QED) is 0.305. The molecule has 2 amide bonds. The van der Waals surface area contributed by atoms with Crippen LogP contribution in [0.5, 0.6) is 11.5 Å². The number of hydrogen-bond acceptors (Lipinski definition) is 6. The summed E-state index contributed by atoms with van der Waals surface area (Å²) in [4.78, 5) is 28.9.